The third-order valence-electron chi connectivity index (χ3n) is 4.50. The molecule has 2 heterocycles. The van der Waals surface area contributed by atoms with Gasteiger partial charge in [-0.25, -0.2) is 13.4 Å². The third-order valence-corrected chi connectivity index (χ3v) is 6.41. The average Bonchev–Trinajstić information content (AvgIpc) is 3.00. The highest BCUT2D eigenvalue weighted by atomic mass is 32.2. The summed E-state index contributed by atoms with van der Waals surface area (Å²) in [5.74, 6) is 0. The fourth-order valence-electron chi connectivity index (χ4n) is 3.08. The lowest BCUT2D eigenvalue weighted by Gasteiger charge is -2.32. The molecule has 1 fully saturated rings. The molecule has 25 heavy (non-hydrogen) atoms. The number of alkyl halides is 3. The molecule has 136 valence electrons. The molecule has 1 aromatic carbocycles. The van der Waals surface area contributed by atoms with Gasteiger partial charge in [-0.3, -0.25) is 0 Å². The maximum absolute atomic E-state index is 12.6. The maximum atomic E-state index is 12.6. The second-order valence-corrected chi connectivity index (χ2v) is 8.04. The molecule has 0 spiro atoms. The van der Waals surface area contributed by atoms with Crippen molar-refractivity contribution < 1.29 is 21.6 Å². The van der Waals surface area contributed by atoms with Gasteiger partial charge in [0.05, 0.1) is 16.8 Å². The number of rotatable bonds is 3. The van der Waals surface area contributed by atoms with Crippen molar-refractivity contribution in [2.24, 2.45) is 0 Å². The molecule has 1 aromatic heterocycles. The summed E-state index contributed by atoms with van der Waals surface area (Å²) in [6.07, 6.45) is 0.281. The Bertz CT molecular complexity index is 836. The van der Waals surface area contributed by atoms with Gasteiger partial charge in [0, 0.05) is 31.0 Å². The van der Waals surface area contributed by atoms with Gasteiger partial charge in [0.15, 0.2) is 0 Å². The molecule has 0 N–H and O–H groups in total. The minimum Gasteiger partial charge on any atom is -0.332 e. The van der Waals surface area contributed by atoms with Crippen molar-refractivity contribution in [2.45, 2.75) is 36.9 Å². The van der Waals surface area contributed by atoms with Crippen molar-refractivity contribution in [3.05, 3.63) is 48.0 Å². The van der Waals surface area contributed by atoms with E-state index >= 15 is 0 Å². The first-order chi connectivity index (χ1) is 11.7. The summed E-state index contributed by atoms with van der Waals surface area (Å²) < 4.78 is 66.5. The minimum atomic E-state index is -4.48. The number of aromatic nitrogens is 2. The van der Waals surface area contributed by atoms with Crippen molar-refractivity contribution in [3.8, 4) is 0 Å². The van der Waals surface area contributed by atoms with E-state index in [0.29, 0.717) is 25.9 Å². The second kappa shape index (κ2) is 6.45. The fourth-order valence-corrected chi connectivity index (χ4v) is 4.55. The molecule has 0 aliphatic carbocycles. The number of benzene rings is 1. The summed E-state index contributed by atoms with van der Waals surface area (Å²) in [5, 5.41) is 0. The zero-order chi connectivity index (χ0) is 18.2. The molecule has 1 aliphatic rings. The molecular weight excluding hydrogens is 355 g/mol. The van der Waals surface area contributed by atoms with Gasteiger partial charge >= 0.3 is 6.18 Å². The summed E-state index contributed by atoms with van der Waals surface area (Å²) in [6.45, 7) is 2.59. The van der Waals surface area contributed by atoms with E-state index in [2.05, 4.69) is 4.98 Å². The van der Waals surface area contributed by atoms with Gasteiger partial charge in [-0.05, 0) is 44.0 Å². The van der Waals surface area contributed by atoms with Crippen LogP contribution < -0.4 is 0 Å². The number of sulfonamides is 1. The van der Waals surface area contributed by atoms with Crippen LogP contribution in [0.4, 0.5) is 13.2 Å². The van der Waals surface area contributed by atoms with Crippen molar-refractivity contribution in [1.82, 2.24) is 13.9 Å². The topological polar surface area (TPSA) is 55.2 Å². The van der Waals surface area contributed by atoms with Crippen LogP contribution in [-0.4, -0.2) is 35.4 Å². The first-order valence-electron chi connectivity index (χ1n) is 7.85. The summed E-state index contributed by atoms with van der Waals surface area (Å²) in [7, 11) is -3.79. The molecule has 1 saturated heterocycles. The van der Waals surface area contributed by atoms with Crippen molar-refractivity contribution in [1.29, 1.82) is 0 Å². The Labute approximate surface area is 144 Å². The van der Waals surface area contributed by atoms with Gasteiger partial charge in [0.1, 0.15) is 0 Å². The van der Waals surface area contributed by atoms with E-state index in [9.17, 15) is 21.6 Å². The number of hydrogen-bond donors (Lipinski definition) is 0. The zero-order valence-corrected chi connectivity index (χ0v) is 14.4. The number of piperidine rings is 1. The first kappa shape index (κ1) is 17.9. The average molecular weight is 373 g/mol. The smallest absolute Gasteiger partial charge is 0.332 e. The highest BCUT2D eigenvalue weighted by Crippen LogP contribution is 2.31. The predicted molar refractivity (Wildman–Crippen MR) is 85.4 cm³/mol. The van der Waals surface area contributed by atoms with Crippen LogP contribution in [0.3, 0.4) is 0 Å². The molecule has 0 atom stereocenters. The number of imidazole rings is 1. The van der Waals surface area contributed by atoms with E-state index in [1.807, 2.05) is 11.5 Å². The van der Waals surface area contributed by atoms with Crippen LogP contribution >= 0.6 is 0 Å². The Balaban J connectivity index is 1.73. The lowest BCUT2D eigenvalue weighted by molar-refractivity contribution is -0.137. The lowest BCUT2D eigenvalue weighted by Crippen LogP contribution is -2.39. The van der Waals surface area contributed by atoms with Gasteiger partial charge in [-0.15, -0.1) is 0 Å². The second-order valence-electron chi connectivity index (χ2n) is 6.10. The highest BCUT2D eigenvalue weighted by Gasteiger charge is 2.33. The predicted octanol–water partition coefficient (Wildman–Crippen LogP) is 3.24. The third kappa shape index (κ3) is 3.57. The van der Waals surface area contributed by atoms with E-state index in [1.54, 1.807) is 12.5 Å². The number of hydrogen-bond acceptors (Lipinski definition) is 3. The Morgan fingerprint density at radius 1 is 1.12 bits per heavy atom. The number of halogens is 3. The van der Waals surface area contributed by atoms with Crippen LogP contribution in [0.25, 0.3) is 0 Å². The van der Waals surface area contributed by atoms with E-state index in [0.717, 1.165) is 30.0 Å². The van der Waals surface area contributed by atoms with Gasteiger partial charge in [0.25, 0.3) is 0 Å². The van der Waals surface area contributed by atoms with Crippen LogP contribution in [0.1, 0.15) is 30.1 Å². The number of nitrogens with zero attached hydrogens (tertiary/aromatic N) is 3. The summed E-state index contributed by atoms with van der Waals surface area (Å²) in [4.78, 5) is 3.97. The Kier molecular flexibility index (Phi) is 4.63. The molecule has 1 aliphatic heterocycles. The summed E-state index contributed by atoms with van der Waals surface area (Å²) >= 11 is 0. The summed E-state index contributed by atoms with van der Waals surface area (Å²) in [6, 6.07) is 3.82. The van der Waals surface area contributed by atoms with Crippen LogP contribution in [0.15, 0.2) is 41.7 Å². The normalized spacial score (nSPS) is 17.8. The Morgan fingerprint density at radius 2 is 1.72 bits per heavy atom. The quantitative estimate of drug-likeness (QED) is 0.830. The molecule has 5 nitrogen and oxygen atoms in total. The van der Waals surface area contributed by atoms with Crippen molar-refractivity contribution >= 4 is 10.0 Å². The Morgan fingerprint density at radius 3 is 2.20 bits per heavy atom. The molecule has 2 aromatic rings. The van der Waals surface area contributed by atoms with E-state index in [-0.39, 0.29) is 10.9 Å². The molecule has 3 rings (SSSR count). The standard InChI is InChI=1S/C16H18F3N3O2S/c1-12-10-20-11-22(12)14-6-8-21(9-7-14)25(23,24)15-4-2-13(3-5-15)16(17,18)19/h2-5,10-11,14H,6-9H2,1H3. The number of aryl methyl sites for hydroxylation is 1. The monoisotopic (exact) mass is 373 g/mol. The first-order valence-corrected chi connectivity index (χ1v) is 9.29. The molecule has 0 saturated carbocycles. The highest BCUT2D eigenvalue weighted by molar-refractivity contribution is 7.89. The van der Waals surface area contributed by atoms with E-state index in [1.165, 1.54) is 4.31 Å². The largest absolute Gasteiger partial charge is 0.416 e. The zero-order valence-electron chi connectivity index (χ0n) is 13.6. The van der Waals surface area contributed by atoms with Crippen molar-refractivity contribution in [2.75, 3.05) is 13.1 Å². The maximum Gasteiger partial charge on any atom is 0.416 e. The van der Waals surface area contributed by atoms with Gasteiger partial charge in [0.2, 0.25) is 10.0 Å². The SMILES string of the molecule is Cc1cncn1C1CCN(S(=O)(=O)c2ccc(C(F)(F)F)cc2)CC1. The van der Waals surface area contributed by atoms with Crippen LogP contribution in [0, 0.1) is 6.92 Å². The molecule has 0 radical (unpaired) electrons. The molecule has 0 unspecified atom stereocenters. The van der Waals surface area contributed by atoms with Crippen LogP contribution in [-0.2, 0) is 16.2 Å². The van der Waals surface area contributed by atoms with E-state index in [4.69, 9.17) is 0 Å². The fraction of sp³-hybridized carbons (Fsp3) is 0.438. The lowest BCUT2D eigenvalue weighted by atomic mass is 10.1. The molecule has 0 bridgehead atoms. The van der Waals surface area contributed by atoms with Crippen molar-refractivity contribution in [3.63, 3.8) is 0 Å². The molecular formula is C16H18F3N3O2S. The van der Waals surface area contributed by atoms with Crippen LogP contribution in [0.2, 0.25) is 0 Å². The van der Waals surface area contributed by atoms with Gasteiger partial charge in [-0.2, -0.15) is 17.5 Å². The van der Waals surface area contributed by atoms with E-state index < -0.39 is 21.8 Å². The Hall–Kier alpha value is -1.87. The summed E-state index contributed by atoms with van der Waals surface area (Å²) in [5.41, 5.74) is 0.157. The van der Waals surface area contributed by atoms with Crippen LogP contribution in [0.5, 0.6) is 0 Å². The van der Waals surface area contributed by atoms with Gasteiger partial charge in [-0.1, -0.05) is 0 Å². The minimum absolute atomic E-state index is 0.113. The van der Waals surface area contributed by atoms with Gasteiger partial charge < -0.3 is 4.57 Å². The molecule has 9 heteroatoms. The molecule has 0 amide bonds.